The second-order valence-corrected chi connectivity index (χ2v) is 6.28. The van der Waals surface area contributed by atoms with Crippen LogP contribution in [0.3, 0.4) is 0 Å². The van der Waals surface area contributed by atoms with E-state index in [1.165, 1.54) is 29.7 Å². The third-order valence-electron chi connectivity index (χ3n) is 4.01. The lowest BCUT2D eigenvalue weighted by molar-refractivity contribution is 0.588. The Bertz CT molecular complexity index is 585. The van der Waals surface area contributed by atoms with E-state index in [2.05, 4.69) is 43.4 Å². The van der Waals surface area contributed by atoms with E-state index in [-0.39, 0.29) is 0 Å². The summed E-state index contributed by atoms with van der Waals surface area (Å²) in [6.07, 6.45) is 5.77. The Balaban J connectivity index is 2.45. The van der Waals surface area contributed by atoms with Crippen LogP contribution < -0.4 is 5.73 Å². The maximum atomic E-state index is 5.90. The average molecular weight is 303 g/mol. The fourth-order valence-electron chi connectivity index (χ4n) is 2.76. The number of benzene rings is 1. The van der Waals surface area contributed by atoms with Gasteiger partial charge in [0.2, 0.25) is 0 Å². The van der Waals surface area contributed by atoms with Crippen LogP contribution in [0.15, 0.2) is 29.2 Å². The molecule has 0 saturated carbocycles. The first kappa shape index (κ1) is 16.0. The molecular formula is C17H25N3S. The number of aryl methyl sites for hydroxylation is 1. The molecule has 1 aromatic heterocycles. The van der Waals surface area contributed by atoms with Gasteiger partial charge in [0.25, 0.3) is 0 Å². The SMILES string of the molecule is CCCC(CC)c1cc(-c2cc(N)n(C)n2)ccc1SC. The van der Waals surface area contributed by atoms with Crippen molar-refractivity contribution >= 4 is 17.6 Å². The molecule has 1 heterocycles. The van der Waals surface area contributed by atoms with Crippen LogP contribution in [-0.4, -0.2) is 16.0 Å². The molecule has 2 N–H and O–H groups in total. The van der Waals surface area contributed by atoms with Gasteiger partial charge in [-0.25, -0.2) is 0 Å². The molecule has 21 heavy (non-hydrogen) atoms. The molecule has 1 unspecified atom stereocenters. The predicted octanol–water partition coefficient (Wildman–Crippen LogP) is 4.68. The van der Waals surface area contributed by atoms with Crippen molar-refractivity contribution in [2.24, 2.45) is 7.05 Å². The third-order valence-corrected chi connectivity index (χ3v) is 4.82. The molecule has 0 fully saturated rings. The minimum absolute atomic E-state index is 0.624. The van der Waals surface area contributed by atoms with E-state index in [0.717, 1.165) is 11.3 Å². The average Bonchev–Trinajstić information content (AvgIpc) is 2.83. The molecule has 0 radical (unpaired) electrons. The highest BCUT2D eigenvalue weighted by Crippen LogP contribution is 2.35. The van der Waals surface area contributed by atoms with Gasteiger partial charge >= 0.3 is 0 Å². The van der Waals surface area contributed by atoms with Crippen molar-refractivity contribution in [2.45, 2.75) is 43.9 Å². The summed E-state index contributed by atoms with van der Waals surface area (Å²) in [4.78, 5) is 1.38. The Morgan fingerprint density at radius 2 is 2.05 bits per heavy atom. The minimum atomic E-state index is 0.624. The number of nitrogen functional groups attached to an aromatic ring is 1. The smallest absolute Gasteiger partial charge is 0.121 e. The molecule has 0 aliphatic heterocycles. The highest BCUT2D eigenvalue weighted by molar-refractivity contribution is 7.98. The van der Waals surface area contributed by atoms with Crippen molar-refractivity contribution in [2.75, 3.05) is 12.0 Å². The van der Waals surface area contributed by atoms with Gasteiger partial charge in [-0.3, -0.25) is 4.68 Å². The molecular weight excluding hydrogens is 278 g/mol. The molecule has 0 aliphatic rings. The van der Waals surface area contributed by atoms with Crippen molar-refractivity contribution in [3.63, 3.8) is 0 Å². The highest BCUT2D eigenvalue weighted by Gasteiger charge is 2.15. The lowest BCUT2D eigenvalue weighted by atomic mass is 9.90. The Morgan fingerprint density at radius 3 is 2.57 bits per heavy atom. The zero-order valence-electron chi connectivity index (χ0n) is 13.4. The lowest BCUT2D eigenvalue weighted by Crippen LogP contribution is -2.00. The summed E-state index contributed by atoms with van der Waals surface area (Å²) in [5, 5.41) is 4.49. The number of hydrogen-bond donors (Lipinski definition) is 1. The molecule has 114 valence electrons. The summed E-state index contributed by atoms with van der Waals surface area (Å²) in [6, 6.07) is 8.62. The summed E-state index contributed by atoms with van der Waals surface area (Å²) in [6.45, 7) is 4.53. The van der Waals surface area contributed by atoms with Gasteiger partial charge < -0.3 is 5.73 Å². The number of nitrogens with zero attached hydrogens (tertiary/aromatic N) is 2. The van der Waals surface area contributed by atoms with E-state index in [9.17, 15) is 0 Å². The second-order valence-electron chi connectivity index (χ2n) is 5.43. The predicted molar refractivity (Wildman–Crippen MR) is 92.8 cm³/mol. The normalized spacial score (nSPS) is 12.6. The van der Waals surface area contributed by atoms with E-state index in [1.54, 1.807) is 4.68 Å². The summed E-state index contributed by atoms with van der Waals surface area (Å²) < 4.78 is 1.72. The molecule has 0 bridgehead atoms. The van der Waals surface area contributed by atoms with Gasteiger partial charge in [0.05, 0.1) is 5.69 Å². The van der Waals surface area contributed by atoms with E-state index in [4.69, 9.17) is 5.73 Å². The van der Waals surface area contributed by atoms with E-state index >= 15 is 0 Å². The van der Waals surface area contributed by atoms with Crippen LogP contribution in [0.25, 0.3) is 11.3 Å². The van der Waals surface area contributed by atoms with Crippen molar-refractivity contribution in [1.29, 1.82) is 0 Å². The quantitative estimate of drug-likeness (QED) is 0.788. The maximum absolute atomic E-state index is 5.90. The summed E-state index contributed by atoms with van der Waals surface area (Å²) in [7, 11) is 1.88. The lowest BCUT2D eigenvalue weighted by Gasteiger charge is -2.18. The Kier molecular flexibility index (Phi) is 5.34. The largest absolute Gasteiger partial charge is 0.384 e. The first-order chi connectivity index (χ1) is 10.1. The molecule has 0 saturated heterocycles. The standard InChI is InChI=1S/C17H25N3S/c1-5-7-12(6-2)14-10-13(8-9-16(14)21-4)15-11-17(18)20(3)19-15/h8-12H,5-7,18H2,1-4H3. The van der Waals surface area contributed by atoms with E-state index < -0.39 is 0 Å². The molecule has 0 spiro atoms. The number of nitrogens with two attached hydrogens (primary N) is 1. The van der Waals surface area contributed by atoms with Gasteiger partial charge in [-0.05, 0) is 42.7 Å². The van der Waals surface area contributed by atoms with Crippen LogP contribution in [-0.2, 0) is 7.05 Å². The monoisotopic (exact) mass is 303 g/mol. The van der Waals surface area contributed by atoms with Gasteiger partial charge in [-0.15, -0.1) is 11.8 Å². The molecule has 0 aliphatic carbocycles. The zero-order valence-corrected chi connectivity index (χ0v) is 14.2. The molecule has 3 nitrogen and oxygen atoms in total. The summed E-state index contributed by atoms with van der Waals surface area (Å²) in [5.74, 6) is 1.32. The van der Waals surface area contributed by atoms with Crippen LogP contribution in [0, 0.1) is 0 Å². The maximum Gasteiger partial charge on any atom is 0.121 e. The van der Waals surface area contributed by atoms with Crippen molar-refractivity contribution in [3.05, 3.63) is 29.8 Å². The summed E-state index contributed by atoms with van der Waals surface area (Å²) >= 11 is 1.83. The first-order valence-electron chi connectivity index (χ1n) is 7.58. The Hall–Kier alpha value is -1.42. The number of rotatable bonds is 6. The summed E-state index contributed by atoms with van der Waals surface area (Å²) in [5.41, 5.74) is 9.47. The highest BCUT2D eigenvalue weighted by atomic mass is 32.2. The van der Waals surface area contributed by atoms with E-state index in [1.807, 2.05) is 24.9 Å². The topological polar surface area (TPSA) is 43.8 Å². The van der Waals surface area contributed by atoms with Crippen molar-refractivity contribution < 1.29 is 0 Å². The van der Waals surface area contributed by atoms with Gasteiger partial charge in [0.15, 0.2) is 0 Å². The molecule has 2 aromatic rings. The number of hydrogen-bond acceptors (Lipinski definition) is 3. The van der Waals surface area contributed by atoms with Gasteiger partial charge in [-0.2, -0.15) is 5.10 Å². The van der Waals surface area contributed by atoms with Crippen LogP contribution in [0.4, 0.5) is 5.82 Å². The second kappa shape index (κ2) is 7.03. The molecule has 2 rings (SSSR count). The van der Waals surface area contributed by atoms with Gasteiger partial charge in [-0.1, -0.05) is 26.3 Å². The van der Waals surface area contributed by atoms with Crippen LogP contribution in [0.2, 0.25) is 0 Å². The van der Waals surface area contributed by atoms with E-state index in [0.29, 0.717) is 11.7 Å². The van der Waals surface area contributed by atoms with Crippen molar-refractivity contribution in [3.8, 4) is 11.3 Å². The third kappa shape index (κ3) is 3.43. The fraction of sp³-hybridized carbons (Fsp3) is 0.471. The zero-order chi connectivity index (χ0) is 15.4. The minimum Gasteiger partial charge on any atom is -0.384 e. The number of thioether (sulfide) groups is 1. The van der Waals surface area contributed by atoms with Crippen LogP contribution in [0.1, 0.15) is 44.6 Å². The van der Waals surface area contributed by atoms with Crippen LogP contribution >= 0.6 is 11.8 Å². The molecule has 4 heteroatoms. The Labute approximate surface area is 131 Å². The Morgan fingerprint density at radius 1 is 1.29 bits per heavy atom. The van der Waals surface area contributed by atoms with Crippen molar-refractivity contribution in [1.82, 2.24) is 9.78 Å². The molecule has 1 aromatic carbocycles. The van der Waals surface area contributed by atoms with Gasteiger partial charge in [0.1, 0.15) is 5.82 Å². The fourth-order valence-corrected chi connectivity index (χ4v) is 3.43. The number of anilines is 1. The number of aromatic nitrogens is 2. The van der Waals surface area contributed by atoms with Gasteiger partial charge in [0, 0.05) is 23.6 Å². The molecule has 0 amide bonds. The molecule has 1 atom stereocenters. The van der Waals surface area contributed by atoms with Crippen LogP contribution in [0.5, 0.6) is 0 Å². The first-order valence-corrected chi connectivity index (χ1v) is 8.80.